The number of amides is 1. The van der Waals surface area contributed by atoms with E-state index in [2.05, 4.69) is 10.1 Å². The Morgan fingerprint density at radius 3 is 2.87 bits per heavy atom. The highest BCUT2D eigenvalue weighted by Gasteiger charge is 2.30. The van der Waals surface area contributed by atoms with Gasteiger partial charge < -0.3 is 4.90 Å². The number of hydrogen-bond donors (Lipinski definition) is 1. The molecule has 1 saturated heterocycles. The molecule has 0 unspecified atom stereocenters. The molecule has 0 saturated carbocycles. The summed E-state index contributed by atoms with van der Waals surface area (Å²) >= 11 is 1.62. The van der Waals surface area contributed by atoms with Gasteiger partial charge in [0.25, 0.3) is 5.56 Å². The van der Waals surface area contributed by atoms with Crippen molar-refractivity contribution in [3.63, 3.8) is 0 Å². The zero-order valence-corrected chi connectivity index (χ0v) is 13.7. The second-order valence-corrected chi connectivity index (χ2v) is 6.89. The fraction of sp³-hybridized carbons (Fsp3) is 0.312. The molecule has 4 rings (SSSR count). The zero-order chi connectivity index (χ0) is 16.1. The number of rotatable bonds is 2. The van der Waals surface area contributed by atoms with E-state index in [-0.39, 0.29) is 17.4 Å². The Kier molecular flexibility index (Phi) is 3.12. The van der Waals surface area contributed by atoms with Gasteiger partial charge in [-0.2, -0.15) is 0 Å². The first-order chi connectivity index (χ1) is 11.0. The molecule has 1 amide bonds. The first-order valence-electron chi connectivity index (χ1n) is 7.44. The SMILES string of the molecule is Cc1c(-c2cccs2)[nH]n2c(=O)cc([C@H]3CC(=O)N(C)C3)nc12. The minimum absolute atomic E-state index is 0.00955. The molecule has 1 fully saturated rings. The lowest BCUT2D eigenvalue weighted by atomic mass is 10.0. The summed E-state index contributed by atoms with van der Waals surface area (Å²) in [4.78, 5) is 31.6. The summed E-state index contributed by atoms with van der Waals surface area (Å²) in [5, 5.41) is 5.15. The lowest BCUT2D eigenvalue weighted by Crippen LogP contribution is -2.20. The lowest BCUT2D eigenvalue weighted by molar-refractivity contribution is -0.126. The third-order valence-corrected chi connectivity index (χ3v) is 5.29. The van der Waals surface area contributed by atoms with Gasteiger partial charge in [-0.1, -0.05) is 6.07 Å². The van der Waals surface area contributed by atoms with Gasteiger partial charge in [0.05, 0.1) is 16.3 Å². The quantitative estimate of drug-likeness (QED) is 0.782. The van der Waals surface area contributed by atoms with Gasteiger partial charge in [-0.15, -0.1) is 11.3 Å². The molecule has 0 spiro atoms. The number of nitrogens with zero attached hydrogens (tertiary/aromatic N) is 3. The van der Waals surface area contributed by atoms with E-state index in [1.807, 2.05) is 24.4 Å². The van der Waals surface area contributed by atoms with Crippen molar-refractivity contribution in [1.82, 2.24) is 19.5 Å². The van der Waals surface area contributed by atoms with Crippen LogP contribution in [0.4, 0.5) is 0 Å². The molecule has 23 heavy (non-hydrogen) atoms. The summed E-state index contributed by atoms with van der Waals surface area (Å²) in [7, 11) is 1.78. The number of aryl methyl sites for hydroxylation is 1. The van der Waals surface area contributed by atoms with Crippen molar-refractivity contribution < 1.29 is 4.79 Å². The predicted octanol–water partition coefficient (Wildman–Crippen LogP) is 2.01. The molecule has 1 N–H and O–H groups in total. The van der Waals surface area contributed by atoms with Crippen LogP contribution in [0.15, 0.2) is 28.4 Å². The maximum atomic E-state index is 12.5. The monoisotopic (exact) mass is 328 g/mol. The van der Waals surface area contributed by atoms with E-state index >= 15 is 0 Å². The highest BCUT2D eigenvalue weighted by atomic mass is 32.1. The molecule has 0 aromatic carbocycles. The smallest absolute Gasteiger partial charge is 0.272 e. The third kappa shape index (κ3) is 2.19. The van der Waals surface area contributed by atoms with Gasteiger partial charge in [0.1, 0.15) is 0 Å². The maximum Gasteiger partial charge on any atom is 0.272 e. The number of H-pyrrole nitrogens is 1. The van der Waals surface area contributed by atoms with Crippen LogP contribution in [-0.2, 0) is 4.79 Å². The number of aromatic nitrogens is 3. The molecule has 0 bridgehead atoms. The second-order valence-electron chi connectivity index (χ2n) is 5.94. The zero-order valence-electron chi connectivity index (χ0n) is 12.9. The van der Waals surface area contributed by atoms with Crippen molar-refractivity contribution >= 4 is 22.9 Å². The predicted molar refractivity (Wildman–Crippen MR) is 88.9 cm³/mol. The molecule has 7 heteroatoms. The molecule has 4 heterocycles. The number of fused-ring (bicyclic) bond motifs is 1. The Balaban J connectivity index is 1.86. The van der Waals surface area contributed by atoms with Crippen LogP contribution in [0.5, 0.6) is 0 Å². The molecule has 1 aliphatic heterocycles. The van der Waals surface area contributed by atoms with Crippen LogP contribution in [0.25, 0.3) is 16.2 Å². The van der Waals surface area contributed by atoms with Crippen LogP contribution in [-0.4, -0.2) is 39.0 Å². The molecule has 118 valence electrons. The third-order valence-electron chi connectivity index (χ3n) is 4.40. The van der Waals surface area contributed by atoms with E-state index in [0.29, 0.717) is 24.3 Å². The summed E-state index contributed by atoms with van der Waals surface area (Å²) in [5.41, 5.74) is 3.06. The standard InChI is InChI=1S/C16H16N4O2S/c1-9-15(12-4-3-5-23-12)18-20-14(22)7-11(17-16(9)20)10-6-13(21)19(2)8-10/h3-5,7,10,18H,6,8H2,1-2H3/t10-/m0/s1. The molecule has 6 nitrogen and oxygen atoms in total. The number of likely N-dealkylation sites (tertiary alicyclic amines) is 1. The van der Waals surface area contributed by atoms with E-state index in [1.165, 1.54) is 10.6 Å². The molecule has 3 aromatic heterocycles. The number of thiophene rings is 1. The Bertz CT molecular complexity index is 955. The Hall–Kier alpha value is -2.41. The summed E-state index contributed by atoms with van der Waals surface area (Å²) in [5.74, 6) is 0.0896. The molecule has 1 aliphatic rings. The van der Waals surface area contributed by atoms with Crippen molar-refractivity contribution in [1.29, 1.82) is 0 Å². The number of likely N-dealkylation sites (N-methyl/N-ethyl adjacent to an activating group) is 1. The van der Waals surface area contributed by atoms with Crippen LogP contribution >= 0.6 is 11.3 Å². The highest BCUT2D eigenvalue weighted by Crippen LogP contribution is 2.29. The van der Waals surface area contributed by atoms with Gasteiger partial charge in [-0.05, 0) is 18.4 Å². The topological polar surface area (TPSA) is 70.5 Å². The molecule has 3 aromatic rings. The minimum atomic E-state index is -0.141. The maximum absolute atomic E-state index is 12.5. The summed E-state index contributed by atoms with van der Waals surface area (Å²) in [6.45, 7) is 2.58. The van der Waals surface area contributed by atoms with Gasteiger partial charge in [-0.25, -0.2) is 9.50 Å². The number of nitrogens with one attached hydrogen (secondary N) is 1. The van der Waals surface area contributed by atoms with Crippen LogP contribution in [0.3, 0.4) is 0 Å². The van der Waals surface area contributed by atoms with Crippen LogP contribution in [0.2, 0.25) is 0 Å². The van der Waals surface area contributed by atoms with Crippen molar-refractivity contribution in [3.05, 3.63) is 45.2 Å². The van der Waals surface area contributed by atoms with E-state index < -0.39 is 0 Å². The fourth-order valence-electron chi connectivity index (χ4n) is 3.10. The van der Waals surface area contributed by atoms with Gasteiger partial charge >= 0.3 is 0 Å². The minimum Gasteiger partial charge on any atom is -0.345 e. The normalized spacial score (nSPS) is 18.3. The number of hydrogen-bond acceptors (Lipinski definition) is 4. The van der Waals surface area contributed by atoms with Crippen LogP contribution in [0, 0.1) is 6.92 Å². The van der Waals surface area contributed by atoms with E-state index in [0.717, 1.165) is 16.1 Å². The van der Waals surface area contributed by atoms with Crippen LogP contribution in [0.1, 0.15) is 23.6 Å². The molecule has 0 radical (unpaired) electrons. The average molecular weight is 328 g/mol. The fourth-order valence-corrected chi connectivity index (χ4v) is 3.88. The number of carbonyl (C=O) groups is 1. The van der Waals surface area contributed by atoms with Crippen LogP contribution < -0.4 is 5.56 Å². The highest BCUT2D eigenvalue weighted by molar-refractivity contribution is 7.13. The van der Waals surface area contributed by atoms with Crippen molar-refractivity contribution in [2.24, 2.45) is 0 Å². The number of carbonyl (C=O) groups excluding carboxylic acids is 1. The molecular formula is C16H16N4O2S. The van der Waals surface area contributed by atoms with Gasteiger partial charge in [0, 0.05) is 37.6 Å². The second kappa shape index (κ2) is 5.06. The summed E-state index contributed by atoms with van der Waals surface area (Å²) in [6, 6.07) is 5.53. The van der Waals surface area contributed by atoms with Crippen molar-refractivity contribution in [3.8, 4) is 10.6 Å². The first-order valence-corrected chi connectivity index (χ1v) is 8.32. The summed E-state index contributed by atoms with van der Waals surface area (Å²) in [6.07, 6.45) is 0.417. The van der Waals surface area contributed by atoms with E-state index in [9.17, 15) is 9.59 Å². The molecule has 0 aliphatic carbocycles. The van der Waals surface area contributed by atoms with E-state index in [4.69, 9.17) is 0 Å². The lowest BCUT2D eigenvalue weighted by Gasteiger charge is -2.09. The number of aromatic amines is 1. The van der Waals surface area contributed by atoms with E-state index in [1.54, 1.807) is 23.3 Å². The first kappa shape index (κ1) is 14.2. The van der Waals surface area contributed by atoms with Gasteiger partial charge in [-0.3, -0.25) is 14.7 Å². The van der Waals surface area contributed by atoms with Gasteiger partial charge in [0.2, 0.25) is 5.91 Å². The largest absolute Gasteiger partial charge is 0.345 e. The molecule has 1 atom stereocenters. The Morgan fingerprint density at radius 1 is 1.39 bits per heavy atom. The Morgan fingerprint density at radius 2 is 2.22 bits per heavy atom. The van der Waals surface area contributed by atoms with Crippen molar-refractivity contribution in [2.45, 2.75) is 19.3 Å². The average Bonchev–Trinajstić information content (AvgIpc) is 3.21. The van der Waals surface area contributed by atoms with Crippen molar-refractivity contribution in [2.75, 3.05) is 13.6 Å². The Labute approximate surface area is 136 Å². The van der Waals surface area contributed by atoms with Gasteiger partial charge in [0.15, 0.2) is 5.65 Å². The summed E-state index contributed by atoms with van der Waals surface area (Å²) < 4.78 is 1.48. The molecular weight excluding hydrogens is 312 g/mol.